The van der Waals surface area contributed by atoms with Crippen molar-refractivity contribution in [2.75, 3.05) is 26.5 Å². The van der Waals surface area contributed by atoms with Gasteiger partial charge in [-0.15, -0.1) is 0 Å². The summed E-state index contributed by atoms with van der Waals surface area (Å²) in [5.74, 6) is 1.26. The molecule has 7 heteroatoms. The van der Waals surface area contributed by atoms with E-state index in [1.165, 1.54) is 0 Å². The van der Waals surface area contributed by atoms with Crippen LogP contribution in [0.3, 0.4) is 0 Å². The molecule has 0 aliphatic rings. The lowest BCUT2D eigenvalue weighted by Gasteiger charge is -2.13. The summed E-state index contributed by atoms with van der Waals surface area (Å²) in [6.07, 6.45) is 0.360. The average molecular weight is 303 g/mol. The maximum atomic E-state index is 10.6. The number of benzene rings is 1. The van der Waals surface area contributed by atoms with E-state index in [9.17, 15) is 8.42 Å². The maximum Gasteiger partial charge on any atom is 0.264 e. The fourth-order valence-electron chi connectivity index (χ4n) is 1.85. The Labute approximate surface area is 119 Å². The summed E-state index contributed by atoms with van der Waals surface area (Å²) < 4.78 is 40.3. The van der Waals surface area contributed by atoms with Gasteiger partial charge in [-0.3, -0.25) is 4.55 Å². The van der Waals surface area contributed by atoms with Gasteiger partial charge < -0.3 is 14.8 Å². The molecule has 0 bridgehead atoms. The molecule has 0 radical (unpaired) electrons. The molecular formula is C13H21NO5S. The highest BCUT2D eigenvalue weighted by Crippen LogP contribution is 2.29. The first-order chi connectivity index (χ1) is 9.37. The summed E-state index contributed by atoms with van der Waals surface area (Å²) in [5, 5.41) is 3.11. The Morgan fingerprint density at radius 3 is 2.20 bits per heavy atom. The summed E-state index contributed by atoms with van der Waals surface area (Å²) in [6.45, 7) is 2.98. The fraction of sp³-hybridized carbons (Fsp3) is 0.538. The van der Waals surface area contributed by atoms with Crippen LogP contribution in [0.1, 0.15) is 17.5 Å². The number of rotatable bonds is 8. The van der Waals surface area contributed by atoms with Gasteiger partial charge in [0.1, 0.15) is 11.5 Å². The smallest absolute Gasteiger partial charge is 0.264 e. The highest BCUT2D eigenvalue weighted by molar-refractivity contribution is 7.85. The van der Waals surface area contributed by atoms with Crippen LogP contribution in [-0.4, -0.2) is 39.5 Å². The maximum absolute atomic E-state index is 10.6. The molecule has 1 aromatic rings. The SMILES string of the molecule is COc1cc(CNCCCS(=O)(=O)O)cc(OC)c1C. The van der Waals surface area contributed by atoms with Gasteiger partial charge in [0, 0.05) is 12.1 Å². The predicted octanol–water partition coefficient (Wildman–Crippen LogP) is 1.38. The van der Waals surface area contributed by atoms with Gasteiger partial charge in [0.05, 0.1) is 20.0 Å². The fourth-order valence-corrected chi connectivity index (χ4v) is 2.36. The Bertz CT molecular complexity index is 517. The van der Waals surface area contributed by atoms with Crippen molar-refractivity contribution in [1.82, 2.24) is 5.32 Å². The van der Waals surface area contributed by atoms with Crippen LogP contribution in [0.4, 0.5) is 0 Å². The highest BCUT2D eigenvalue weighted by atomic mass is 32.2. The van der Waals surface area contributed by atoms with Gasteiger partial charge in [0.15, 0.2) is 0 Å². The van der Waals surface area contributed by atoms with E-state index in [0.717, 1.165) is 22.6 Å². The number of hydrogen-bond acceptors (Lipinski definition) is 5. The van der Waals surface area contributed by atoms with E-state index in [0.29, 0.717) is 19.5 Å². The molecule has 0 unspecified atom stereocenters. The molecule has 0 heterocycles. The third-order valence-corrected chi connectivity index (χ3v) is 3.70. The van der Waals surface area contributed by atoms with E-state index in [1.807, 2.05) is 19.1 Å². The summed E-state index contributed by atoms with van der Waals surface area (Å²) in [4.78, 5) is 0. The van der Waals surface area contributed by atoms with Crippen molar-refractivity contribution in [3.63, 3.8) is 0 Å². The van der Waals surface area contributed by atoms with Crippen LogP contribution >= 0.6 is 0 Å². The van der Waals surface area contributed by atoms with Crippen LogP contribution in [-0.2, 0) is 16.7 Å². The van der Waals surface area contributed by atoms with Crippen LogP contribution in [0.25, 0.3) is 0 Å². The molecule has 0 amide bonds. The molecule has 0 saturated carbocycles. The molecule has 0 fully saturated rings. The summed E-state index contributed by atoms with van der Waals surface area (Å²) in [5.41, 5.74) is 1.92. The van der Waals surface area contributed by atoms with Crippen LogP contribution < -0.4 is 14.8 Å². The quantitative estimate of drug-likeness (QED) is 0.557. The predicted molar refractivity (Wildman–Crippen MR) is 77.0 cm³/mol. The molecule has 0 aromatic heterocycles. The lowest BCUT2D eigenvalue weighted by Crippen LogP contribution is -2.18. The Balaban J connectivity index is 2.56. The third kappa shape index (κ3) is 5.36. The van der Waals surface area contributed by atoms with E-state index < -0.39 is 10.1 Å². The minimum absolute atomic E-state index is 0.236. The Kier molecular flexibility index (Phi) is 6.25. The van der Waals surface area contributed by atoms with Gasteiger partial charge in [-0.25, -0.2) is 0 Å². The van der Waals surface area contributed by atoms with Crippen molar-refractivity contribution in [2.45, 2.75) is 19.9 Å². The van der Waals surface area contributed by atoms with E-state index >= 15 is 0 Å². The lowest BCUT2D eigenvalue weighted by atomic mass is 10.1. The van der Waals surface area contributed by atoms with Crippen LogP contribution in [0.15, 0.2) is 12.1 Å². The van der Waals surface area contributed by atoms with E-state index in [4.69, 9.17) is 14.0 Å². The zero-order chi connectivity index (χ0) is 15.2. The molecule has 0 aliphatic heterocycles. The van der Waals surface area contributed by atoms with Crippen molar-refractivity contribution < 1.29 is 22.4 Å². The number of hydrogen-bond donors (Lipinski definition) is 2. The number of methoxy groups -OCH3 is 2. The first kappa shape index (κ1) is 16.7. The minimum atomic E-state index is -3.88. The lowest BCUT2D eigenvalue weighted by molar-refractivity contribution is 0.387. The van der Waals surface area contributed by atoms with Gasteiger partial charge >= 0.3 is 0 Å². The van der Waals surface area contributed by atoms with Crippen molar-refractivity contribution >= 4 is 10.1 Å². The van der Waals surface area contributed by atoms with Crippen molar-refractivity contribution in [3.8, 4) is 11.5 Å². The Morgan fingerprint density at radius 2 is 1.75 bits per heavy atom. The zero-order valence-electron chi connectivity index (χ0n) is 12.0. The second kappa shape index (κ2) is 7.47. The van der Waals surface area contributed by atoms with Crippen molar-refractivity contribution in [3.05, 3.63) is 23.3 Å². The summed E-state index contributed by atoms with van der Waals surface area (Å²) in [7, 11) is -0.672. The topological polar surface area (TPSA) is 84.9 Å². The van der Waals surface area contributed by atoms with E-state index in [2.05, 4.69) is 5.32 Å². The molecule has 1 aromatic carbocycles. The first-order valence-electron chi connectivity index (χ1n) is 6.24. The largest absolute Gasteiger partial charge is 0.496 e. The van der Waals surface area contributed by atoms with Gasteiger partial charge in [-0.2, -0.15) is 8.42 Å². The molecular weight excluding hydrogens is 282 g/mol. The molecule has 20 heavy (non-hydrogen) atoms. The number of nitrogens with one attached hydrogen (secondary N) is 1. The molecule has 114 valence electrons. The van der Waals surface area contributed by atoms with Gasteiger partial charge in [-0.1, -0.05) is 0 Å². The second-order valence-corrected chi connectivity index (χ2v) is 6.01. The summed E-state index contributed by atoms with van der Waals surface area (Å²) >= 11 is 0. The molecule has 0 aliphatic carbocycles. The molecule has 6 nitrogen and oxygen atoms in total. The van der Waals surface area contributed by atoms with Crippen molar-refractivity contribution in [1.29, 1.82) is 0 Å². The second-order valence-electron chi connectivity index (χ2n) is 4.44. The normalized spacial score (nSPS) is 11.4. The van der Waals surface area contributed by atoms with E-state index in [1.54, 1.807) is 14.2 Å². The van der Waals surface area contributed by atoms with Crippen LogP contribution in [0, 0.1) is 6.92 Å². The molecule has 2 N–H and O–H groups in total. The monoisotopic (exact) mass is 303 g/mol. The third-order valence-electron chi connectivity index (χ3n) is 2.90. The summed E-state index contributed by atoms with van der Waals surface area (Å²) in [6, 6.07) is 3.82. The first-order valence-corrected chi connectivity index (χ1v) is 7.85. The standard InChI is InChI=1S/C13H21NO5S/c1-10-12(18-2)7-11(8-13(10)19-3)9-14-5-4-6-20(15,16)17/h7-8,14H,4-6,9H2,1-3H3,(H,15,16,17). The molecule has 0 saturated heterocycles. The minimum Gasteiger partial charge on any atom is -0.496 e. The van der Waals surface area contributed by atoms with Crippen molar-refractivity contribution in [2.24, 2.45) is 0 Å². The molecule has 1 rings (SSSR count). The Hall–Kier alpha value is -1.31. The van der Waals surface area contributed by atoms with Gasteiger partial charge in [0.25, 0.3) is 10.1 Å². The highest BCUT2D eigenvalue weighted by Gasteiger charge is 2.08. The molecule has 0 spiro atoms. The van der Waals surface area contributed by atoms with Gasteiger partial charge in [-0.05, 0) is 37.6 Å². The van der Waals surface area contributed by atoms with Crippen LogP contribution in [0.5, 0.6) is 11.5 Å². The van der Waals surface area contributed by atoms with Crippen LogP contribution in [0.2, 0.25) is 0 Å². The van der Waals surface area contributed by atoms with E-state index in [-0.39, 0.29) is 5.75 Å². The average Bonchev–Trinajstić information content (AvgIpc) is 2.38. The zero-order valence-corrected chi connectivity index (χ0v) is 12.8. The Morgan fingerprint density at radius 1 is 1.20 bits per heavy atom. The van der Waals surface area contributed by atoms with Gasteiger partial charge in [0.2, 0.25) is 0 Å². The number of ether oxygens (including phenoxy) is 2. The molecule has 0 atom stereocenters.